The number of nitrogens with zero attached hydrogens (tertiary/aromatic N) is 6. The number of carbonyl (C=O) groups is 2. The van der Waals surface area contributed by atoms with Gasteiger partial charge in [0.2, 0.25) is 11.8 Å². The molecule has 8 rings (SSSR count). The van der Waals surface area contributed by atoms with E-state index >= 15 is 0 Å². The number of fused-ring (bicyclic) bond motifs is 1. The van der Waals surface area contributed by atoms with E-state index < -0.39 is 18.1 Å². The predicted molar refractivity (Wildman–Crippen MR) is 219 cm³/mol. The molecule has 6 heterocycles. The number of ether oxygens (including phenoxy) is 1. The Morgan fingerprint density at radius 2 is 1.84 bits per heavy atom. The van der Waals surface area contributed by atoms with Gasteiger partial charge < -0.3 is 39.6 Å². The number of likely N-dealkylation sites (tertiary alicyclic amines) is 2. The number of benzene rings is 2. The second-order valence-electron chi connectivity index (χ2n) is 15.7. The molecule has 2 aliphatic rings. The van der Waals surface area contributed by atoms with E-state index in [0.717, 1.165) is 64.5 Å². The average Bonchev–Trinajstić information content (AvgIpc) is 4.01. The smallest absolute Gasteiger partial charge is 0.254 e. The lowest BCUT2D eigenvalue weighted by Crippen LogP contribution is -2.48. The normalized spacial score (nSPS) is 18.4. The van der Waals surface area contributed by atoms with Crippen LogP contribution in [0.4, 0.5) is 0 Å². The van der Waals surface area contributed by atoms with Crippen LogP contribution in [0.15, 0.2) is 76.8 Å². The molecule has 0 spiro atoms. The summed E-state index contributed by atoms with van der Waals surface area (Å²) in [5.74, 6) is -0.296. The van der Waals surface area contributed by atoms with E-state index in [-0.39, 0.29) is 42.5 Å². The van der Waals surface area contributed by atoms with E-state index in [1.54, 1.807) is 29.5 Å². The van der Waals surface area contributed by atoms with Crippen molar-refractivity contribution in [3.63, 3.8) is 0 Å². The molecule has 0 radical (unpaired) electrons. The fourth-order valence-electron chi connectivity index (χ4n) is 8.00. The van der Waals surface area contributed by atoms with Gasteiger partial charge in [-0.3, -0.25) is 9.59 Å². The summed E-state index contributed by atoms with van der Waals surface area (Å²) < 4.78 is 11.6. The number of carbonyl (C=O) groups excluding carboxylic acids is 2. The molecule has 58 heavy (non-hydrogen) atoms. The molecule has 0 unspecified atom stereocenters. The number of aromatic nitrogens is 5. The zero-order valence-electron chi connectivity index (χ0n) is 33.0. The number of aliphatic hydroxyl groups excluding tert-OH is 1. The molecule has 2 amide bonds. The summed E-state index contributed by atoms with van der Waals surface area (Å²) in [4.78, 5) is 40.5. The highest BCUT2D eigenvalue weighted by atomic mass is 32.1. The third-order valence-electron chi connectivity index (χ3n) is 11.2. The third kappa shape index (κ3) is 8.20. The summed E-state index contributed by atoms with van der Waals surface area (Å²) in [6.45, 7) is 10.9. The lowest BCUT2D eigenvalue weighted by Gasteiger charge is -2.38. The number of aromatic hydroxyl groups is 1. The van der Waals surface area contributed by atoms with Gasteiger partial charge in [0.25, 0.3) is 5.88 Å². The topological polar surface area (TPSA) is 183 Å². The Bertz CT molecular complexity index is 2390. The maximum absolute atomic E-state index is 14.1. The van der Waals surface area contributed by atoms with Crippen molar-refractivity contribution < 1.29 is 29.1 Å². The van der Waals surface area contributed by atoms with Gasteiger partial charge >= 0.3 is 0 Å². The Hall–Kier alpha value is -5.64. The molecule has 2 fully saturated rings. The molecule has 2 saturated heterocycles. The van der Waals surface area contributed by atoms with Gasteiger partial charge in [-0.2, -0.15) is 0 Å². The fourth-order valence-corrected chi connectivity index (χ4v) is 8.82. The largest absolute Gasteiger partial charge is 0.507 e. The minimum absolute atomic E-state index is 0.0568. The van der Waals surface area contributed by atoms with Gasteiger partial charge in [-0.25, -0.2) is 4.98 Å². The number of phenols is 1. The number of thiazole rings is 1. The first-order chi connectivity index (χ1) is 28.0. The Morgan fingerprint density at radius 1 is 1.05 bits per heavy atom. The highest BCUT2D eigenvalue weighted by Gasteiger charge is 2.43. The van der Waals surface area contributed by atoms with Crippen LogP contribution in [0.5, 0.6) is 11.6 Å². The molecule has 302 valence electrons. The standard InChI is InChI=1S/C43H48N8O6S/c1-24(2)40(43(55)51-22-30(52)16-36(51)42(54)45-25(3)27-10-12-28(13-11-27)41-26(4)44-23-58-41)38-19-39(49-57-38)56-15-7-14-50-20-29(21-50)32-17-35-34(46-32)18-33(47-48-35)31-8-5-6-9-37(31)53/h5-6,8-13,17-19,23-25,29-30,36,40,46,52-53H,7,14-16,20-22H2,1-4H3,(H,45,54)/t25-,30+,36-,40+/m0/s1. The van der Waals surface area contributed by atoms with Crippen LogP contribution in [0.25, 0.3) is 32.7 Å². The maximum atomic E-state index is 14.1. The summed E-state index contributed by atoms with van der Waals surface area (Å²) in [5.41, 5.74) is 8.87. The second-order valence-corrected chi connectivity index (χ2v) is 16.6. The van der Waals surface area contributed by atoms with Gasteiger partial charge in [0.15, 0.2) is 5.76 Å². The molecular weight excluding hydrogens is 757 g/mol. The van der Waals surface area contributed by atoms with Gasteiger partial charge in [-0.15, -0.1) is 21.5 Å². The van der Waals surface area contributed by atoms with Crippen LogP contribution >= 0.6 is 11.3 Å². The number of rotatable bonds is 14. The van der Waals surface area contributed by atoms with Crippen molar-refractivity contribution >= 4 is 34.2 Å². The van der Waals surface area contributed by atoms with Crippen molar-refractivity contribution in [1.82, 2.24) is 40.4 Å². The van der Waals surface area contributed by atoms with E-state index in [4.69, 9.17) is 9.26 Å². The number of aromatic amines is 1. The van der Waals surface area contributed by atoms with Gasteiger partial charge in [-0.05, 0) is 66.7 Å². The Labute approximate surface area is 340 Å². The fraction of sp³-hybridized carbons (Fsp3) is 0.395. The molecule has 4 atom stereocenters. The highest BCUT2D eigenvalue weighted by Crippen LogP contribution is 2.35. The van der Waals surface area contributed by atoms with Crippen molar-refractivity contribution in [1.29, 1.82) is 0 Å². The summed E-state index contributed by atoms with van der Waals surface area (Å²) in [6.07, 6.45) is 0.112. The molecule has 0 aliphatic carbocycles. The van der Waals surface area contributed by atoms with E-state index in [9.17, 15) is 19.8 Å². The van der Waals surface area contributed by atoms with E-state index in [0.29, 0.717) is 35.4 Å². The monoisotopic (exact) mass is 804 g/mol. The van der Waals surface area contributed by atoms with E-state index in [2.05, 4.69) is 35.5 Å². The number of hydrogen-bond acceptors (Lipinski definition) is 12. The molecule has 2 aliphatic heterocycles. The summed E-state index contributed by atoms with van der Waals surface area (Å²) in [6, 6.07) is 19.6. The number of aliphatic hydroxyl groups is 1. The number of β-amino-alcohol motifs (C(OH)–C–C–N with tert-alkyl or cyclic N) is 1. The average molecular weight is 805 g/mol. The van der Waals surface area contributed by atoms with E-state index in [1.165, 1.54) is 4.90 Å². The summed E-state index contributed by atoms with van der Waals surface area (Å²) in [5, 5.41) is 36.7. The first kappa shape index (κ1) is 39.2. The molecule has 4 N–H and O–H groups in total. The lowest BCUT2D eigenvalue weighted by atomic mass is 9.91. The Kier molecular flexibility index (Phi) is 11.3. The zero-order valence-corrected chi connectivity index (χ0v) is 33.8. The lowest BCUT2D eigenvalue weighted by molar-refractivity contribution is -0.141. The van der Waals surface area contributed by atoms with Crippen LogP contribution in [0.1, 0.15) is 74.2 Å². The number of amides is 2. The van der Waals surface area contributed by atoms with Gasteiger partial charge in [0.1, 0.15) is 23.2 Å². The van der Waals surface area contributed by atoms with Gasteiger partial charge in [-0.1, -0.05) is 50.2 Å². The Balaban J connectivity index is 0.816. The highest BCUT2D eigenvalue weighted by molar-refractivity contribution is 7.13. The van der Waals surface area contributed by atoms with Crippen LogP contribution in [-0.2, 0) is 9.59 Å². The minimum Gasteiger partial charge on any atom is -0.507 e. The Morgan fingerprint density at radius 3 is 2.59 bits per heavy atom. The zero-order chi connectivity index (χ0) is 40.5. The maximum Gasteiger partial charge on any atom is 0.254 e. The second kappa shape index (κ2) is 16.7. The van der Waals surface area contributed by atoms with Gasteiger partial charge in [0, 0.05) is 55.8 Å². The molecule has 14 nitrogen and oxygen atoms in total. The van der Waals surface area contributed by atoms with Crippen molar-refractivity contribution in [3.8, 4) is 33.3 Å². The first-order valence-electron chi connectivity index (χ1n) is 19.8. The SMILES string of the molecule is Cc1ncsc1-c1ccc([C@H](C)NC(=O)[C@@H]2C[C@@H](O)CN2C(=O)[C@@H](c2cc(OCCCN3CC(c4cc5nnc(-c6ccccc6O)cc5[nH]4)C3)no2)C(C)C)cc1. The minimum atomic E-state index is -0.822. The van der Waals surface area contributed by atoms with Crippen LogP contribution in [0, 0.1) is 12.8 Å². The molecule has 0 saturated carbocycles. The van der Waals surface area contributed by atoms with E-state index in [1.807, 2.05) is 81.7 Å². The van der Waals surface area contributed by atoms with Crippen molar-refractivity contribution in [3.05, 3.63) is 95.0 Å². The van der Waals surface area contributed by atoms with Crippen molar-refractivity contribution in [2.45, 2.75) is 70.6 Å². The van der Waals surface area contributed by atoms with Gasteiger partial charge in [0.05, 0.1) is 46.0 Å². The number of nitrogens with one attached hydrogen (secondary N) is 2. The van der Waals surface area contributed by atoms with Crippen LogP contribution in [0.3, 0.4) is 0 Å². The van der Waals surface area contributed by atoms with Crippen LogP contribution < -0.4 is 10.1 Å². The quantitative estimate of drug-likeness (QED) is 0.0921. The number of hydrogen-bond donors (Lipinski definition) is 4. The van der Waals surface area contributed by atoms with Crippen molar-refractivity contribution in [2.24, 2.45) is 5.92 Å². The molecule has 0 bridgehead atoms. The molecule has 15 heteroatoms. The third-order valence-corrected chi connectivity index (χ3v) is 12.2. The predicted octanol–water partition coefficient (Wildman–Crippen LogP) is 6.20. The number of aryl methyl sites for hydroxylation is 1. The molecular formula is C43H48N8O6S. The number of H-pyrrole nitrogens is 1. The van der Waals surface area contributed by atoms with Crippen LogP contribution in [0.2, 0.25) is 0 Å². The van der Waals surface area contributed by atoms with Crippen molar-refractivity contribution in [2.75, 3.05) is 32.8 Å². The number of phenolic OH excluding ortho intramolecular Hbond substituents is 1. The molecule has 2 aromatic carbocycles. The molecule has 6 aromatic rings. The van der Waals surface area contributed by atoms with Crippen LogP contribution in [-0.4, -0.2) is 102 Å². The first-order valence-corrected chi connectivity index (χ1v) is 20.7. The molecule has 4 aromatic heterocycles. The number of para-hydroxylation sites is 1. The summed E-state index contributed by atoms with van der Waals surface area (Å²) in [7, 11) is 0. The summed E-state index contributed by atoms with van der Waals surface area (Å²) >= 11 is 1.59.